The Kier molecular flexibility index (Phi) is 2.12. The van der Waals surface area contributed by atoms with E-state index in [1.54, 1.807) is 16.5 Å². The average Bonchev–Trinajstić information content (AvgIpc) is 2.58. The molecule has 0 amide bonds. The van der Waals surface area contributed by atoms with Gasteiger partial charge in [-0.25, -0.2) is 0 Å². The first kappa shape index (κ1) is 9.60. The molecule has 15 heavy (non-hydrogen) atoms. The highest BCUT2D eigenvalue weighted by molar-refractivity contribution is 5.63. The quantitative estimate of drug-likeness (QED) is 0.586. The number of aromatic nitrogens is 2. The van der Waals surface area contributed by atoms with Crippen LogP contribution in [0.4, 0.5) is 5.82 Å². The lowest BCUT2D eigenvalue weighted by atomic mass is 10.3. The molecule has 6 nitrogen and oxygen atoms in total. The molecule has 0 aliphatic rings. The van der Waals surface area contributed by atoms with Gasteiger partial charge in [-0.05, 0) is 29.0 Å². The van der Waals surface area contributed by atoms with Crippen molar-refractivity contribution in [3.8, 4) is 0 Å². The molecule has 0 saturated carbocycles. The minimum atomic E-state index is -0.492. The monoisotopic (exact) mass is 206 g/mol. The molecule has 2 N–H and O–H groups in total. The summed E-state index contributed by atoms with van der Waals surface area (Å²) in [7, 11) is 0. The third-order valence-electron chi connectivity index (χ3n) is 2.26. The number of rotatable bonds is 2. The standard InChI is InChI=1S/C9H10N4O2/c1-6-3-2-4-7-9(13(14)15)11-8(5-10)12(6)7/h2-4H,5,10H2,1H3. The van der Waals surface area contributed by atoms with E-state index in [9.17, 15) is 10.1 Å². The van der Waals surface area contributed by atoms with Crippen LogP contribution in [0.25, 0.3) is 5.52 Å². The van der Waals surface area contributed by atoms with E-state index in [0.717, 1.165) is 5.69 Å². The molecule has 0 aliphatic heterocycles. The molecular weight excluding hydrogens is 196 g/mol. The van der Waals surface area contributed by atoms with Crippen LogP contribution in [0, 0.1) is 17.0 Å². The number of nitrogens with zero attached hydrogens (tertiary/aromatic N) is 3. The third kappa shape index (κ3) is 1.35. The average molecular weight is 206 g/mol. The minimum Gasteiger partial charge on any atom is -0.358 e. The highest BCUT2D eigenvalue weighted by Gasteiger charge is 2.21. The molecule has 78 valence electrons. The number of hydrogen-bond acceptors (Lipinski definition) is 4. The summed E-state index contributed by atoms with van der Waals surface area (Å²) in [6, 6.07) is 5.29. The van der Waals surface area contributed by atoms with Gasteiger partial charge in [0, 0.05) is 5.69 Å². The first-order valence-electron chi connectivity index (χ1n) is 4.46. The number of aryl methyl sites for hydroxylation is 1. The van der Waals surface area contributed by atoms with Gasteiger partial charge in [0.05, 0.1) is 6.54 Å². The molecule has 0 spiro atoms. The Hall–Kier alpha value is -1.95. The molecule has 2 aromatic heterocycles. The van der Waals surface area contributed by atoms with Crippen molar-refractivity contribution in [3.63, 3.8) is 0 Å². The van der Waals surface area contributed by atoms with E-state index in [-0.39, 0.29) is 12.4 Å². The minimum absolute atomic E-state index is 0.140. The second-order valence-corrected chi connectivity index (χ2v) is 3.20. The molecule has 0 fully saturated rings. The van der Waals surface area contributed by atoms with Crippen molar-refractivity contribution < 1.29 is 4.92 Å². The molecule has 0 aliphatic carbocycles. The Morgan fingerprint density at radius 2 is 2.33 bits per heavy atom. The van der Waals surface area contributed by atoms with Crippen LogP contribution >= 0.6 is 0 Å². The molecule has 2 rings (SSSR count). The largest absolute Gasteiger partial charge is 0.389 e. The van der Waals surface area contributed by atoms with Crippen molar-refractivity contribution in [2.75, 3.05) is 0 Å². The van der Waals surface area contributed by atoms with Gasteiger partial charge in [0.1, 0.15) is 5.52 Å². The fourth-order valence-electron chi connectivity index (χ4n) is 1.64. The summed E-state index contributed by atoms with van der Waals surface area (Å²) in [5.41, 5.74) is 6.86. The highest BCUT2D eigenvalue weighted by atomic mass is 16.6. The second kappa shape index (κ2) is 3.32. The van der Waals surface area contributed by atoms with Crippen LogP contribution < -0.4 is 5.73 Å². The Bertz CT molecular complexity index is 532. The van der Waals surface area contributed by atoms with E-state index in [2.05, 4.69) is 4.98 Å². The number of nitrogens with two attached hydrogens (primary N) is 1. The van der Waals surface area contributed by atoms with Crippen LogP contribution in [-0.4, -0.2) is 14.3 Å². The maximum absolute atomic E-state index is 10.7. The Balaban J connectivity index is 2.87. The molecule has 0 unspecified atom stereocenters. The molecule has 0 aromatic carbocycles. The van der Waals surface area contributed by atoms with E-state index < -0.39 is 4.92 Å². The lowest BCUT2D eigenvalue weighted by molar-refractivity contribution is -0.387. The first-order valence-corrected chi connectivity index (χ1v) is 4.46. The van der Waals surface area contributed by atoms with Crippen LogP contribution in [0.15, 0.2) is 18.2 Å². The summed E-state index contributed by atoms with van der Waals surface area (Å²) >= 11 is 0. The zero-order valence-electron chi connectivity index (χ0n) is 8.17. The zero-order valence-corrected chi connectivity index (χ0v) is 8.17. The number of fused-ring (bicyclic) bond motifs is 1. The summed E-state index contributed by atoms with van der Waals surface area (Å²) in [4.78, 5) is 14.2. The Morgan fingerprint density at radius 3 is 2.93 bits per heavy atom. The van der Waals surface area contributed by atoms with Gasteiger partial charge in [-0.2, -0.15) is 0 Å². The van der Waals surface area contributed by atoms with Gasteiger partial charge >= 0.3 is 5.82 Å². The second-order valence-electron chi connectivity index (χ2n) is 3.20. The van der Waals surface area contributed by atoms with Gasteiger partial charge in [0.15, 0.2) is 0 Å². The molecule has 2 heterocycles. The van der Waals surface area contributed by atoms with Crippen molar-refractivity contribution in [2.45, 2.75) is 13.5 Å². The van der Waals surface area contributed by atoms with Gasteiger partial charge in [-0.3, -0.25) is 4.40 Å². The number of imidazole rings is 1. The highest BCUT2D eigenvalue weighted by Crippen LogP contribution is 2.21. The summed E-state index contributed by atoms with van der Waals surface area (Å²) in [5.74, 6) is 0.369. The van der Waals surface area contributed by atoms with E-state index in [1.165, 1.54) is 0 Å². The first-order chi connectivity index (χ1) is 7.15. The molecular formula is C9H10N4O2. The normalized spacial score (nSPS) is 10.8. The third-order valence-corrected chi connectivity index (χ3v) is 2.26. The lowest BCUT2D eigenvalue weighted by Crippen LogP contribution is -2.04. The van der Waals surface area contributed by atoms with E-state index in [1.807, 2.05) is 13.0 Å². The topological polar surface area (TPSA) is 86.5 Å². The molecule has 2 aromatic rings. The van der Waals surface area contributed by atoms with Crippen molar-refractivity contribution in [1.29, 1.82) is 0 Å². The number of hydrogen-bond donors (Lipinski definition) is 1. The predicted molar refractivity (Wildman–Crippen MR) is 54.5 cm³/mol. The summed E-state index contributed by atoms with van der Waals surface area (Å²) in [5, 5.41) is 10.7. The summed E-state index contributed by atoms with van der Waals surface area (Å²) < 4.78 is 1.71. The Morgan fingerprint density at radius 1 is 1.60 bits per heavy atom. The summed E-state index contributed by atoms with van der Waals surface area (Å²) in [6.07, 6.45) is 0. The molecule has 6 heteroatoms. The molecule has 0 bridgehead atoms. The van der Waals surface area contributed by atoms with E-state index in [4.69, 9.17) is 5.73 Å². The zero-order chi connectivity index (χ0) is 11.0. The molecule has 0 atom stereocenters. The van der Waals surface area contributed by atoms with E-state index >= 15 is 0 Å². The van der Waals surface area contributed by atoms with Crippen LogP contribution in [-0.2, 0) is 6.54 Å². The van der Waals surface area contributed by atoms with Crippen LogP contribution in [0.5, 0.6) is 0 Å². The van der Waals surface area contributed by atoms with Crippen molar-refractivity contribution in [3.05, 3.63) is 39.8 Å². The fourth-order valence-corrected chi connectivity index (χ4v) is 1.64. The lowest BCUT2D eigenvalue weighted by Gasteiger charge is -1.99. The van der Waals surface area contributed by atoms with Gasteiger partial charge in [0.25, 0.3) is 0 Å². The van der Waals surface area contributed by atoms with Crippen molar-refractivity contribution in [1.82, 2.24) is 9.38 Å². The van der Waals surface area contributed by atoms with E-state index in [0.29, 0.717) is 11.3 Å². The van der Waals surface area contributed by atoms with Gasteiger partial charge in [-0.15, -0.1) is 0 Å². The molecule has 0 saturated heterocycles. The fraction of sp³-hybridized carbons (Fsp3) is 0.222. The Labute approximate surface area is 85.5 Å². The maximum Gasteiger partial charge on any atom is 0.389 e. The predicted octanol–water partition coefficient (Wildman–Crippen LogP) is 1.01. The van der Waals surface area contributed by atoms with Crippen LogP contribution in [0.2, 0.25) is 0 Å². The SMILES string of the molecule is Cc1cccc2c([N+](=O)[O-])nc(CN)n12. The van der Waals surface area contributed by atoms with Gasteiger partial charge in [-0.1, -0.05) is 6.07 Å². The molecule has 0 radical (unpaired) electrons. The number of pyridine rings is 1. The van der Waals surface area contributed by atoms with Crippen molar-refractivity contribution in [2.24, 2.45) is 5.73 Å². The van der Waals surface area contributed by atoms with Crippen LogP contribution in [0.3, 0.4) is 0 Å². The van der Waals surface area contributed by atoms with Gasteiger partial charge in [0.2, 0.25) is 5.82 Å². The van der Waals surface area contributed by atoms with Crippen LogP contribution in [0.1, 0.15) is 11.5 Å². The van der Waals surface area contributed by atoms with Crippen molar-refractivity contribution >= 4 is 11.3 Å². The number of nitro groups is 1. The maximum atomic E-state index is 10.7. The summed E-state index contributed by atoms with van der Waals surface area (Å²) in [6.45, 7) is 2.04. The smallest absolute Gasteiger partial charge is 0.358 e. The van der Waals surface area contributed by atoms with Gasteiger partial charge < -0.3 is 15.8 Å².